The minimum atomic E-state index is -0.318. The molecule has 0 spiro atoms. The molecule has 0 fully saturated rings. The van der Waals surface area contributed by atoms with Crippen LogP contribution >= 0.6 is 11.3 Å². The molecule has 0 saturated heterocycles. The van der Waals surface area contributed by atoms with Crippen LogP contribution in [0.3, 0.4) is 0 Å². The van der Waals surface area contributed by atoms with Gasteiger partial charge in [-0.2, -0.15) is 0 Å². The van der Waals surface area contributed by atoms with Crippen molar-refractivity contribution in [2.24, 2.45) is 0 Å². The SMILES string of the molecule is O=C(CCN1C(=O)c2ccccc2N[C@H]1c1ccccc1)Nc1nccs1. The summed E-state index contributed by atoms with van der Waals surface area (Å²) >= 11 is 1.37. The molecular formula is C20H18N4O2S. The number of rotatable bonds is 5. The number of para-hydroxylation sites is 1. The van der Waals surface area contributed by atoms with Crippen LogP contribution < -0.4 is 10.6 Å². The molecular weight excluding hydrogens is 360 g/mol. The molecule has 2 N–H and O–H groups in total. The second kappa shape index (κ2) is 7.59. The minimum Gasteiger partial charge on any atom is -0.361 e. The largest absolute Gasteiger partial charge is 0.361 e. The van der Waals surface area contributed by atoms with Crippen LogP contribution in [0.25, 0.3) is 0 Å². The third kappa shape index (κ3) is 3.68. The Labute approximate surface area is 160 Å². The Hall–Kier alpha value is -3.19. The predicted molar refractivity (Wildman–Crippen MR) is 106 cm³/mol. The van der Waals surface area contributed by atoms with E-state index in [4.69, 9.17) is 0 Å². The highest BCUT2D eigenvalue weighted by Crippen LogP contribution is 2.33. The Morgan fingerprint density at radius 2 is 1.93 bits per heavy atom. The van der Waals surface area contributed by atoms with Crippen molar-refractivity contribution in [3.05, 3.63) is 77.3 Å². The lowest BCUT2D eigenvalue weighted by atomic mass is 10.0. The van der Waals surface area contributed by atoms with E-state index in [0.717, 1.165) is 11.3 Å². The molecule has 0 bridgehead atoms. The Balaban J connectivity index is 1.55. The summed E-state index contributed by atoms with van der Waals surface area (Å²) in [5.74, 6) is -0.247. The Morgan fingerprint density at radius 3 is 2.70 bits per heavy atom. The number of anilines is 2. The van der Waals surface area contributed by atoms with Crippen LogP contribution in [0.2, 0.25) is 0 Å². The van der Waals surface area contributed by atoms with Gasteiger partial charge in [-0.1, -0.05) is 42.5 Å². The topological polar surface area (TPSA) is 74.3 Å². The number of benzene rings is 2. The minimum absolute atomic E-state index is 0.0831. The molecule has 0 unspecified atom stereocenters. The first-order chi connectivity index (χ1) is 13.2. The van der Waals surface area contributed by atoms with Crippen LogP contribution in [0.5, 0.6) is 0 Å². The van der Waals surface area contributed by atoms with Gasteiger partial charge in [-0.3, -0.25) is 9.59 Å². The molecule has 2 aromatic carbocycles. The molecule has 0 aliphatic carbocycles. The van der Waals surface area contributed by atoms with Gasteiger partial charge in [-0.25, -0.2) is 4.98 Å². The van der Waals surface area contributed by atoms with Gasteiger partial charge in [0.1, 0.15) is 6.17 Å². The Morgan fingerprint density at radius 1 is 1.15 bits per heavy atom. The average Bonchev–Trinajstić information content (AvgIpc) is 3.21. The van der Waals surface area contributed by atoms with E-state index in [1.807, 2.05) is 48.5 Å². The quantitative estimate of drug-likeness (QED) is 0.709. The van der Waals surface area contributed by atoms with Gasteiger partial charge in [0, 0.05) is 30.2 Å². The van der Waals surface area contributed by atoms with Gasteiger partial charge in [-0.05, 0) is 17.7 Å². The first-order valence-corrected chi connectivity index (χ1v) is 9.51. The first-order valence-electron chi connectivity index (χ1n) is 8.63. The molecule has 4 rings (SSSR count). The second-order valence-electron chi connectivity index (χ2n) is 6.14. The van der Waals surface area contributed by atoms with Crippen LogP contribution in [0.15, 0.2) is 66.2 Å². The maximum absolute atomic E-state index is 13.1. The van der Waals surface area contributed by atoms with Crippen LogP contribution in [-0.4, -0.2) is 28.2 Å². The standard InChI is InChI=1S/C20H18N4O2S/c25-17(23-20-21-11-13-27-20)10-12-24-18(14-6-2-1-3-7-14)22-16-9-5-4-8-15(16)19(24)26/h1-9,11,13,18,22H,10,12H2,(H,21,23,25)/t18-/m1/s1. The molecule has 1 aromatic heterocycles. The molecule has 1 aliphatic rings. The number of hydrogen-bond acceptors (Lipinski definition) is 5. The van der Waals surface area contributed by atoms with E-state index in [9.17, 15) is 9.59 Å². The van der Waals surface area contributed by atoms with Crippen molar-refractivity contribution in [2.45, 2.75) is 12.6 Å². The van der Waals surface area contributed by atoms with Gasteiger partial charge in [0.25, 0.3) is 5.91 Å². The predicted octanol–water partition coefficient (Wildman–Crippen LogP) is 3.74. The fourth-order valence-electron chi connectivity index (χ4n) is 3.11. The van der Waals surface area contributed by atoms with E-state index in [0.29, 0.717) is 17.2 Å². The van der Waals surface area contributed by atoms with E-state index in [-0.39, 0.29) is 24.4 Å². The molecule has 0 radical (unpaired) electrons. The van der Waals surface area contributed by atoms with Crippen molar-refractivity contribution in [3.8, 4) is 0 Å². The van der Waals surface area contributed by atoms with Crippen molar-refractivity contribution >= 4 is 34.0 Å². The van der Waals surface area contributed by atoms with Crippen LogP contribution in [-0.2, 0) is 4.79 Å². The van der Waals surface area contributed by atoms with Gasteiger partial charge in [0.15, 0.2) is 5.13 Å². The highest BCUT2D eigenvalue weighted by atomic mass is 32.1. The molecule has 2 heterocycles. The summed E-state index contributed by atoms with van der Waals surface area (Å²) in [6.07, 6.45) is 1.51. The van der Waals surface area contributed by atoms with Gasteiger partial charge >= 0.3 is 0 Å². The molecule has 27 heavy (non-hydrogen) atoms. The third-order valence-electron chi connectivity index (χ3n) is 4.40. The lowest BCUT2D eigenvalue weighted by molar-refractivity contribution is -0.116. The highest BCUT2D eigenvalue weighted by molar-refractivity contribution is 7.13. The Kier molecular flexibility index (Phi) is 4.84. The number of nitrogens with one attached hydrogen (secondary N) is 2. The lowest BCUT2D eigenvalue weighted by Crippen LogP contribution is -2.44. The highest BCUT2D eigenvalue weighted by Gasteiger charge is 2.32. The molecule has 136 valence electrons. The van der Waals surface area contributed by atoms with E-state index >= 15 is 0 Å². The number of aromatic nitrogens is 1. The van der Waals surface area contributed by atoms with Gasteiger partial charge in [0.2, 0.25) is 5.91 Å². The second-order valence-corrected chi connectivity index (χ2v) is 7.03. The fourth-order valence-corrected chi connectivity index (χ4v) is 3.66. The smallest absolute Gasteiger partial charge is 0.257 e. The number of amides is 2. The zero-order valence-corrected chi connectivity index (χ0v) is 15.3. The van der Waals surface area contributed by atoms with Crippen molar-refractivity contribution in [3.63, 3.8) is 0 Å². The summed E-state index contributed by atoms with van der Waals surface area (Å²) < 4.78 is 0. The van der Waals surface area contributed by atoms with E-state index in [1.165, 1.54) is 11.3 Å². The monoisotopic (exact) mass is 378 g/mol. The summed E-state index contributed by atoms with van der Waals surface area (Å²) in [4.78, 5) is 31.1. The zero-order valence-electron chi connectivity index (χ0n) is 14.5. The molecule has 7 heteroatoms. The van der Waals surface area contributed by atoms with Crippen LogP contribution in [0.1, 0.15) is 28.5 Å². The molecule has 1 atom stereocenters. The summed E-state index contributed by atoms with van der Waals surface area (Å²) in [6.45, 7) is 0.303. The van der Waals surface area contributed by atoms with E-state index in [1.54, 1.807) is 22.5 Å². The van der Waals surface area contributed by atoms with E-state index in [2.05, 4.69) is 15.6 Å². The number of carbonyl (C=O) groups excluding carboxylic acids is 2. The van der Waals surface area contributed by atoms with Gasteiger partial charge < -0.3 is 15.5 Å². The zero-order chi connectivity index (χ0) is 18.6. The molecule has 0 saturated carbocycles. The summed E-state index contributed by atoms with van der Waals surface area (Å²) in [5, 5.41) is 8.55. The van der Waals surface area contributed by atoms with Crippen LogP contribution in [0.4, 0.5) is 10.8 Å². The molecule has 3 aromatic rings. The number of carbonyl (C=O) groups is 2. The summed E-state index contributed by atoms with van der Waals surface area (Å²) in [6, 6.07) is 17.2. The van der Waals surface area contributed by atoms with Crippen molar-refractivity contribution in [1.29, 1.82) is 0 Å². The van der Waals surface area contributed by atoms with Crippen LogP contribution in [0, 0.1) is 0 Å². The van der Waals surface area contributed by atoms with Gasteiger partial charge in [-0.15, -0.1) is 11.3 Å². The number of hydrogen-bond donors (Lipinski definition) is 2. The lowest BCUT2D eigenvalue weighted by Gasteiger charge is -2.38. The fraction of sp³-hybridized carbons (Fsp3) is 0.150. The molecule has 6 nitrogen and oxygen atoms in total. The normalized spacial score (nSPS) is 15.8. The maximum atomic E-state index is 13.1. The Bertz CT molecular complexity index is 944. The number of nitrogens with zero attached hydrogens (tertiary/aromatic N) is 2. The number of fused-ring (bicyclic) bond motifs is 1. The average molecular weight is 378 g/mol. The van der Waals surface area contributed by atoms with Crippen molar-refractivity contribution in [2.75, 3.05) is 17.2 Å². The summed E-state index contributed by atoms with van der Waals surface area (Å²) in [5.41, 5.74) is 2.39. The molecule has 2 amide bonds. The molecule has 1 aliphatic heterocycles. The van der Waals surface area contributed by atoms with E-state index < -0.39 is 0 Å². The van der Waals surface area contributed by atoms with Gasteiger partial charge in [0.05, 0.1) is 5.56 Å². The summed E-state index contributed by atoms with van der Waals surface area (Å²) in [7, 11) is 0. The van der Waals surface area contributed by atoms with Crippen molar-refractivity contribution in [1.82, 2.24) is 9.88 Å². The number of thiazole rings is 1. The maximum Gasteiger partial charge on any atom is 0.257 e. The third-order valence-corrected chi connectivity index (χ3v) is 5.08. The first kappa shape index (κ1) is 17.2. The van der Waals surface area contributed by atoms with Crippen molar-refractivity contribution < 1.29 is 9.59 Å².